The van der Waals surface area contributed by atoms with E-state index in [4.69, 9.17) is 0 Å². The Morgan fingerprint density at radius 1 is 0.765 bits per heavy atom. The number of para-hydroxylation sites is 1. The fraction of sp³-hybridized carbons (Fsp3) is 0.0714. The first-order chi connectivity index (χ1) is 7.36. The molecule has 0 aliphatic carbocycles. The fourth-order valence-corrected chi connectivity index (χ4v) is 1.44. The molecular formula is C14H13Li2N. The van der Waals surface area contributed by atoms with Crippen molar-refractivity contribution in [3.63, 3.8) is 0 Å². The molecule has 17 heavy (non-hydrogen) atoms. The minimum atomic E-state index is -0.0337. The van der Waals surface area contributed by atoms with Crippen molar-refractivity contribution in [2.45, 2.75) is 6.04 Å². The summed E-state index contributed by atoms with van der Waals surface area (Å²) in [7, 11) is 0. The van der Waals surface area contributed by atoms with Crippen LogP contribution in [0.2, 0.25) is 0 Å². The third-order valence-electron chi connectivity index (χ3n) is 2.25. The van der Waals surface area contributed by atoms with E-state index in [1.165, 1.54) is 0 Å². The van der Waals surface area contributed by atoms with Crippen LogP contribution >= 0.6 is 0 Å². The average molecular weight is 209 g/mol. The molecule has 76 valence electrons. The van der Waals surface area contributed by atoms with E-state index in [2.05, 4.69) is 12.2 Å². The molecule has 2 rings (SSSR count). The fourth-order valence-electron chi connectivity index (χ4n) is 1.44. The van der Waals surface area contributed by atoms with Crippen molar-refractivity contribution in [2.75, 3.05) is 0 Å². The van der Waals surface area contributed by atoms with Crippen LogP contribution in [0.25, 0.3) is 5.32 Å². The van der Waals surface area contributed by atoms with Gasteiger partial charge in [-0.3, -0.25) is 0 Å². The number of nitrogens with zero attached hydrogens (tertiary/aromatic N) is 1. The van der Waals surface area contributed by atoms with E-state index in [0.29, 0.717) is 0 Å². The van der Waals surface area contributed by atoms with Gasteiger partial charge in [0, 0.05) is 0 Å². The summed E-state index contributed by atoms with van der Waals surface area (Å²) in [6, 6.07) is 20.0. The van der Waals surface area contributed by atoms with Gasteiger partial charge in [-0.2, -0.15) is 0 Å². The van der Waals surface area contributed by atoms with E-state index < -0.39 is 0 Å². The molecule has 0 saturated carbocycles. The van der Waals surface area contributed by atoms with Crippen LogP contribution in [0.3, 0.4) is 0 Å². The third-order valence-corrected chi connectivity index (χ3v) is 2.25. The Balaban J connectivity index is 0.00000128. The van der Waals surface area contributed by atoms with Gasteiger partial charge in [-0.15, -0.1) is 5.69 Å². The Bertz CT molecular complexity index is 403. The van der Waals surface area contributed by atoms with Gasteiger partial charge in [-0.05, 0) is 0 Å². The van der Waals surface area contributed by atoms with E-state index in [-0.39, 0.29) is 43.8 Å². The maximum absolute atomic E-state index is 4.52. The summed E-state index contributed by atoms with van der Waals surface area (Å²) in [6.07, 6.45) is 0. The van der Waals surface area contributed by atoms with Crippen LogP contribution in [0.1, 0.15) is 11.6 Å². The molecule has 0 radical (unpaired) electrons. The van der Waals surface area contributed by atoms with Gasteiger partial charge in [0.15, 0.2) is 0 Å². The predicted octanol–water partition coefficient (Wildman–Crippen LogP) is -1.72. The molecular weight excluding hydrogens is 196 g/mol. The van der Waals surface area contributed by atoms with Crippen LogP contribution in [0.5, 0.6) is 0 Å². The normalized spacial score (nSPS) is 10.6. The molecule has 0 spiro atoms. The average Bonchev–Trinajstić information content (AvgIpc) is 2.31. The molecule has 1 atom stereocenters. The molecule has 1 nitrogen and oxygen atoms in total. The Hall–Kier alpha value is -0.565. The molecule has 0 N–H and O–H groups in total. The van der Waals surface area contributed by atoms with Crippen LogP contribution in [-0.2, 0) is 0 Å². The van der Waals surface area contributed by atoms with Gasteiger partial charge < -0.3 is 12.2 Å². The van der Waals surface area contributed by atoms with Crippen molar-refractivity contribution in [3.05, 3.63) is 78.5 Å². The Labute approximate surface area is 127 Å². The maximum atomic E-state index is 4.52. The minimum absolute atomic E-state index is 0. The zero-order valence-corrected chi connectivity index (χ0v) is 10.5. The first kappa shape index (κ1) is 16.4. The standard InChI is InChI=1S/C14H13N.2Li/c1-12(13-8-4-2-5-9-13)15-14-10-6-3-7-11-14;;/h2-12H,1H2;;/q-2;2*+1. The molecule has 0 heterocycles. The summed E-state index contributed by atoms with van der Waals surface area (Å²) in [6.45, 7) is 4.04. The summed E-state index contributed by atoms with van der Waals surface area (Å²) < 4.78 is 0. The van der Waals surface area contributed by atoms with Crippen molar-refractivity contribution in [1.29, 1.82) is 0 Å². The molecule has 3 heteroatoms. The number of hydrogen-bond acceptors (Lipinski definition) is 0. The van der Waals surface area contributed by atoms with E-state index in [9.17, 15) is 0 Å². The van der Waals surface area contributed by atoms with Gasteiger partial charge in [-0.1, -0.05) is 66.2 Å². The van der Waals surface area contributed by atoms with Crippen molar-refractivity contribution >= 4 is 5.69 Å². The van der Waals surface area contributed by atoms with E-state index >= 15 is 0 Å². The van der Waals surface area contributed by atoms with Gasteiger partial charge in [0.05, 0.1) is 0 Å². The molecule has 2 aromatic rings. The second kappa shape index (κ2) is 8.51. The quantitative estimate of drug-likeness (QED) is 0.421. The summed E-state index contributed by atoms with van der Waals surface area (Å²) >= 11 is 0. The van der Waals surface area contributed by atoms with Crippen molar-refractivity contribution < 1.29 is 37.7 Å². The molecule has 0 aliphatic rings. The van der Waals surface area contributed by atoms with E-state index in [1.54, 1.807) is 0 Å². The van der Waals surface area contributed by atoms with Gasteiger partial charge in [-0.25, -0.2) is 6.04 Å². The van der Waals surface area contributed by atoms with Crippen LogP contribution in [0.15, 0.2) is 60.7 Å². The predicted molar refractivity (Wildman–Crippen MR) is 64.0 cm³/mol. The Morgan fingerprint density at radius 3 is 1.76 bits per heavy atom. The smallest absolute Gasteiger partial charge is 0.703 e. The maximum Gasteiger partial charge on any atom is 1.00 e. The first-order valence-corrected chi connectivity index (χ1v) is 5.00. The SMILES string of the molecule is [CH2-]C([N-]c1ccccc1)c1ccccc1.[Li+].[Li+]. The minimum Gasteiger partial charge on any atom is -0.703 e. The molecule has 0 fully saturated rings. The number of rotatable bonds is 3. The molecule has 2 aromatic carbocycles. The van der Waals surface area contributed by atoms with E-state index in [1.807, 2.05) is 60.7 Å². The summed E-state index contributed by atoms with van der Waals surface area (Å²) in [5.74, 6) is 0. The van der Waals surface area contributed by atoms with Gasteiger partial charge in [0.25, 0.3) is 0 Å². The van der Waals surface area contributed by atoms with Crippen LogP contribution in [0, 0.1) is 6.92 Å². The summed E-state index contributed by atoms with van der Waals surface area (Å²) in [4.78, 5) is 0. The zero-order valence-electron chi connectivity index (χ0n) is 10.5. The molecule has 0 aliphatic heterocycles. The first-order valence-electron chi connectivity index (χ1n) is 5.00. The largest absolute Gasteiger partial charge is 1.00 e. The number of hydrogen-bond donors (Lipinski definition) is 0. The summed E-state index contributed by atoms with van der Waals surface area (Å²) in [5.41, 5.74) is 2.11. The summed E-state index contributed by atoms with van der Waals surface area (Å²) in [5, 5.41) is 4.52. The Kier molecular flexibility index (Phi) is 8.23. The van der Waals surface area contributed by atoms with Gasteiger partial charge in [0.2, 0.25) is 0 Å². The molecule has 1 unspecified atom stereocenters. The third kappa shape index (κ3) is 5.07. The number of benzene rings is 2. The molecule has 0 bridgehead atoms. The zero-order chi connectivity index (χ0) is 10.5. The second-order valence-electron chi connectivity index (χ2n) is 3.39. The Morgan fingerprint density at radius 2 is 1.24 bits per heavy atom. The van der Waals surface area contributed by atoms with Gasteiger partial charge in [0.1, 0.15) is 0 Å². The van der Waals surface area contributed by atoms with Crippen LogP contribution in [-0.4, -0.2) is 0 Å². The van der Waals surface area contributed by atoms with Crippen LogP contribution < -0.4 is 37.7 Å². The molecule has 0 aromatic heterocycles. The second-order valence-corrected chi connectivity index (χ2v) is 3.39. The van der Waals surface area contributed by atoms with Crippen molar-refractivity contribution in [3.8, 4) is 0 Å². The van der Waals surface area contributed by atoms with Crippen molar-refractivity contribution in [1.82, 2.24) is 0 Å². The topological polar surface area (TPSA) is 14.1 Å². The monoisotopic (exact) mass is 209 g/mol. The van der Waals surface area contributed by atoms with Gasteiger partial charge >= 0.3 is 37.7 Å². The van der Waals surface area contributed by atoms with Crippen LogP contribution in [0.4, 0.5) is 5.69 Å². The van der Waals surface area contributed by atoms with E-state index in [0.717, 1.165) is 11.3 Å². The molecule has 0 saturated heterocycles. The van der Waals surface area contributed by atoms with Crippen molar-refractivity contribution in [2.24, 2.45) is 0 Å². The molecule has 0 amide bonds.